The normalized spacial score (nSPS) is 21.3. The number of hydrogen-bond acceptors (Lipinski definition) is 5. The van der Waals surface area contributed by atoms with E-state index in [1.54, 1.807) is 0 Å². The minimum Gasteiger partial charge on any atom is -0.478 e. The summed E-state index contributed by atoms with van der Waals surface area (Å²) in [5.41, 5.74) is -0.321. The summed E-state index contributed by atoms with van der Waals surface area (Å²) in [7, 11) is 0. The Morgan fingerprint density at radius 1 is 1.25 bits per heavy atom. The van der Waals surface area contributed by atoms with Gasteiger partial charge < -0.3 is 24.9 Å². The third-order valence-corrected chi connectivity index (χ3v) is 3.91. The average molecular weight is 338 g/mol. The molecule has 1 aromatic heterocycles. The molecule has 1 aliphatic rings. The number of furan rings is 1. The van der Waals surface area contributed by atoms with E-state index < -0.39 is 11.6 Å². The maximum Gasteiger partial charge on any atom is 0.407 e. The fourth-order valence-corrected chi connectivity index (χ4v) is 2.75. The van der Waals surface area contributed by atoms with E-state index in [9.17, 15) is 9.59 Å². The molecule has 0 unspecified atom stereocenters. The van der Waals surface area contributed by atoms with E-state index in [1.807, 2.05) is 20.8 Å². The molecule has 0 bridgehead atoms. The van der Waals surface area contributed by atoms with Crippen LogP contribution in [0.5, 0.6) is 0 Å². The number of carbonyl (C=O) groups excluding carboxylic acids is 1. The van der Waals surface area contributed by atoms with E-state index in [1.165, 1.54) is 12.3 Å². The van der Waals surface area contributed by atoms with Crippen LogP contribution in [-0.4, -0.2) is 34.9 Å². The fourth-order valence-electron chi connectivity index (χ4n) is 2.75. The number of alkyl carbamates (subject to hydrolysis) is 1. The maximum atomic E-state index is 11.8. The van der Waals surface area contributed by atoms with E-state index in [2.05, 4.69) is 10.6 Å². The van der Waals surface area contributed by atoms with Gasteiger partial charge in [0.05, 0.1) is 12.1 Å². The van der Waals surface area contributed by atoms with Gasteiger partial charge in [-0.15, -0.1) is 0 Å². The topological polar surface area (TPSA) is 101 Å². The number of aromatic carboxylic acids is 1. The summed E-state index contributed by atoms with van der Waals surface area (Å²) in [5.74, 6) is -0.375. The Morgan fingerprint density at radius 3 is 2.42 bits per heavy atom. The van der Waals surface area contributed by atoms with Gasteiger partial charge in [-0.2, -0.15) is 0 Å². The number of hydrogen-bond donors (Lipinski definition) is 3. The van der Waals surface area contributed by atoms with Gasteiger partial charge in [-0.25, -0.2) is 9.59 Å². The lowest BCUT2D eigenvalue weighted by atomic mass is 9.91. The summed E-state index contributed by atoms with van der Waals surface area (Å²) in [6.07, 6.45) is 4.53. The van der Waals surface area contributed by atoms with Crippen LogP contribution in [0, 0.1) is 0 Å². The second kappa shape index (κ2) is 7.70. The quantitative estimate of drug-likeness (QED) is 0.763. The van der Waals surface area contributed by atoms with E-state index >= 15 is 0 Å². The van der Waals surface area contributed by atoms with E-state index in [-0.39, 0.29) is 17.7 Å². The zero-order valence-electron chi connectivity index (χ0n) is 14.4. The average Bonchev–Trinajstić information content (AvgIpc) is 2.93. The van der Waals surface area contributed by atoms with Gasteiger partial charge in [0, 0.05) is 12.1 Å². The molecule has 1 fully saturated rings. The molecular weight excluding hydrogens is 312 g/mol. The minimum absolute atomic E-state index is 0.139. The van der Waals surface area contributed by atoms with Gasteiger partial charge in [0.25, 0.3) is 0 Å². The first kappa shape index (κ1) is 18.3. The van der Waals surface area contributed by atoms with Crippen LogP contribution in [0.25, 0.3) is 0 Å². The molecule has 1 aromatic rings. The van der Waals surface area contributed by atoms with Crippen LogP contribution in [0.1, 0.15) is 62.6 Å². The summed E-state index contributed by atoms with van der Waals surface area (Å²) in [6.45, 7) is 6.04. The van der Waals surface area contributed by atoms with Crippen molar-refractivity contribution < 1.29 is 23.8 Å². The van der Waals surface area contributed by atoms with Crippen molar-refractivity contribution in [2.24, 2.45) is 0 Å². The molecule has 1 aliphatic carbocycles. The SMILES string of the molecule is CC(C)(C)OC(=O)NC1CCC(NCc2cc(C(=O)O)co2)CC1. The molecule has 0 aliphatic heterocycles. The summed E-state index contributed by atoms with van der Waals surface area (Å²) in [5, 5.41) is 15.1. The van der Waals surface area contributed by atoms with E-state index in [4.69, 9.17) is 14.3 Å². The first-order valence-corrected chi connectivity index (χ1v) is 8.26. The molecule has 2 rings (SSSR count). The Bertz CT molecular complexity index is 568. The lowest BCUT2D eigenvalue weighted by molar-refractivity contribution is 0.0489. The number of carboxylic acid groups (broad SMARTS) is 1. The third-order valence-electron chi connectivity index (χ3n) is 3.91. The summed E-state index contributed by atoms with van der Waals surface area (Å²) >= 11 is 0. The second-order valence-corrected chi connectivity index (χ2v) is 7.18. The number of nitrogens with one attached hydrogen (secondary N) is 2. The van der Waals surface area contributed by atoms with Crippen molar-refractivity contribution in [3.05, 3.63) is 23.7 Å². The third kappa shape index (κ3) is 5.88. The van der Waals surface area contributed by atoms with Crippen LogP contribution in [-0.2, 0) is 11.3 Å². The number of carboxylic acids is 1. The van der Waals surface area contributed by atoms with Crippen LogP contribution in [0.3, 0.4) is 0 Å². The van der Waals surface area contributed by atoms with Crippen molar-refractivity contribution in [2.45, 2.75) is 70.7 Å². The Balaban J connectivity index is 1.69. The van der Waals surface area contributed by atoms with Gasteiger partial charge in [0.15, 0.2) is 0 Å². The summed E-state index contributed by atoms with van der Waals surface area (Å²) < 4.78 is 10.5. The van der Waals surface area contributed by atoms with E-state index in [0.29, 0.717) is 18.3 Å². The fraction of sp³-hybridized carbons (Fsp3) is 0.647. The lowest BCUT2D eigenvalue weighted by Gasteiger charge is -2.30. The molecule has 1 heterocycles. The van der Waals surface area contributed by atoms with Gasteiger partial charge in [-0.1, -0.05) is 0 Å². The molecule has 3 N–H and O–H groups in total. The van der Waals surface area contributed by atoms with Crippen molar-refractivity contribution in [1.82, 2.24) is 10.6 Å². The standard InChI is InChI=1S/C17H26N2O5/c1-17(2,3)24-16(22)19-13-6-4-12(5-7-13)18-9-14-8-11(10-23-14)15(20)21/h8,10,12-13,18H,4-7,9H2,1-3H3,(H,19,22)(H,20,21). The smallest absolute Gasteiger partial charge is 0.407 e. The van der Waals surface area contributed by atoms with Crippen LogP contribution in [0.15, 0.2) is 16.7 Å². The molecule has 0 radical (unpaired) electrons. The molecular formula is C17H26N2O5. The number of amides is 1. The van der Waals surface area contributed by atoms with Crippen LogP contribution < -0.4 is 10.6 Å². The predicted molar refractivity (Wildman–Crippen MR) is 87.9 cm³/mol. The summed E-state index contributed by atoms with van der Waals surface area (Å²) in [4.78, 5) is 22.6. The Morgan fingerprint density at radius 2 is 1.88 bits per heavy atom. The van der Waals surface area contributed by atoms with Crippen molar-refractivity contribution in [2.75, 3.05) is 0 Å². The molecule has 0 aromatic carbocycles. The van der Waals surface area contributed by atoms with Crippen LogP contribution in [0.2, 0.25) is 0 Å². The lowest BCUT2D eigenvalue weighted by Crippen LogP contribution is -2.43. The molecule has 7 heteroatoms. The molecule has 1 saturated carbocycles. The number of carbonyl (C=O) groups is 2. The Labute approximate surface area is 141 Å². The first-order chi connectivity index (χ1) is 11.2. The van der Waals surface area contributed by atoms with Crippen molar-refractivity contribution >= 4 is 12.1 Å². The minimum atomic E-state index is -0.987. The van der Waals surface area contributed by atoms with Gasteiger partial charge in [0.1, 0.15) is 17.6 Å². The van der Waals surface area contributed by atoms with E-state index in [0.717, 1.165) is 25.7 Å². The largest absolute Gasteiger partial charge is 0.478 e. The maximum absolute atomic E-state index is 11.8. The first-order valence-electron chi connectivity index (χ1n) is 8.26. The van der Waals surface area contributed by atoms with Crippen LogP contribution in [0.4, 0.5) is 4.79 Å². The molecule has 0 spiro atoms. The number of rotatable bonds is 5. The van der Waals surface area contributed by atoms with Crippen molar-refractivity contribution in [3.63, 3.8) is 0 Å². The molecule has 134 valence electrons. The molecule has 1 amide bonds. The highest BCUT2D eigenvalue weighted by atomic mass is 16.6. The molecule has 24 heavy (non-hydrogen) atoms. The zero-order chi connectivity index (χ0) is 17.7. The monoisotopic (exact) mass is 338 g/mol. The second-order valence-electron chi connectivity index (χ2n) is 7.18. The van der Waals surface area contributed by atoms with Gasteiger partial charge in [-0.3, -0.25) is 0 Å². The summed E-state index contributed by atoms with van der Waals surface area (Å²) in [6, 6.07) is 2.01. The van der Waals surface area contributed by atoms with Gasteiger partial charge in [-0.05, 0) is 52.5 Å². The Hall–Kier alpha value is -2.02. The highest BCUT2D eigenvalue weighted by Gasteiger charge is 2.24. The van der Waals surface area contributed by atoms with Gasteiger partial charge in [0.2, 0.25) is 0 Å². The molecule has 7 nitrogen and oxygen atoms in total. The Kier molecular flexibility index (Phi) is 5.88. The highest BCUT2D eigenvalue weighted by molar-refractivity contribution is 5.87. The predicted octanol–water partition coefficient (Wildman–Crippen LogP) is 2.90. The highest BCUT2D eigenvalue weighted by Crippen LogP contribution is 2.20. The molecule has 0 saturated heterocycles. The van der Waals surface area contributed by atoms with Crippen molar-refractivity contribution in [3.8, 4) is 0 Å². The van der Waals surface area contributed by atoms with Crippen molar-refractivity contribution in [1.29, 1.82) is 0 Å². The molecule has 0 atom stereocenters. The number of ether oxygens (including phenoxy) is 1. The van der Waals surface area contributed by atoms with Gasteiger partial charge >= 0.3 is 12.1 Å². The zero-order valence-corrected chi connectivity index (χ0v) is 14.4. The van der Waals surface area contributed by atoms with Crippen LogP contribution >= 0.6 is 0 Å².